The Bertz CT molecular complexity index is 352. The molecule has 19 heavy (non-hydrogen) atoms. The van der Waals surface area contributed by atoms with Crippen LogP contribution in [-0.2, 0) is 9.59 Å². The van der Waals surface area contributed by atoms with Crippen LogP contribution in [0, 0.1) is 11.8 Å². The first-order chi connectivity index (χ1) is 8.72. The van der Waals surface area contributed by atoms with Gasteiger partial charge in [0.05, 0.1) is 0 Å². The van der Waals surface area contributed by atoms with Crippen LogP contribution in [0.5, 0.6) is 0 Å². The van der Waals surface area contributed by atoms with Crippen molar-refractivity contribution in [2.45, 2.75) is 66.0 Å². The van der Waals surface area contributed by atoms with E-state index in [2.05, 4.69) is 33.0 Å². The lowest BCUT2D eigenvalue weighted by Crippen LogP contribution is -2.69. The standard InChI is InChI=1S/C15H28N2O2/c1-7-15(6)14(19)16-12(8-10(2)3)13(18)17(15)9-11(4)5/h10-12H,7-9H2,1-6H3,(H,16,19). The second-order valence-electron chi connectivity index (χ2n) is 6.63. The lowest BCUT2D eigenvalue weighted by atomic mass is 9.87. The third-order valence-corrected chi connectivity index (χ3v) is 3.90. The number of hydrogen-bond donors (Lipinski definition) is 1. The number of rotatable bonds is 5. The molecule has 1 heterocycles. The van der Waals surface area contributed by atoms with E-state index in [0.29, 0.717) is 31.2 Å². The first kappa shape index (κ1) is 16.0. The molecule has 0 saturated carbocycles. The quantitative estimate of drug-likeness (QED) is 0.831. The van der Waals surface area contributed by atoms with Crippen molar-refractivity contribution in [3.05, 3.63) is 0 Å². The van der Waals surface area contributed by atoms with Crippen molar-refractivity contribution >= 4 is 11.8 Å². The Kier molecular flexibility index (Phi) is 4.99. The average molecular weight is 268 g/mol. The number of nitrogens with one attached hydrogen (secondary N) is 1. The number of carbonyl (C=O) groups excluding carboxylic acids is 2. The van der Waals surface area contributed by atoms with Crippen molar-refractivity contribution < 1.29 is 9.59 Å². The van der Waals surface area contributed by atoms with Crippen LogP contribution in [0.1, 0.15) is 54.4 Å². The van der Waals surface area contributed by atoms with Gasteiger partial charge in [0.15, 0.2) is 0 Å². The molecule has 0 aromatic rings. The zero-order chi connectivity index (χ0) is 14.8. The van der Waals surface area contributed by atoms with Crippen LogP contribution < -0.4 is 5.32 Å². The first-order valence-corrected chi connectivity index (χ1v) is 7.34. The second-order valence-corrected chi connectivity index (χ2v) is 6.63. The summed E-state index contributed by atoms with van der Waals surface area (Å²) >= 11 is 0. The van der Waals surface area contributed by atoms with E-state index in [9.17, 15) is 9.59 Å². The molecule has 0 aromatic carbocycles. The molecule has 1 rings (SSSR count). The SMILES string of the molecule is CCC1(C)C(=O)NC(CC(C)C)C(=O)N1CC(C)C. The molecule has 1 aliphatic rings. The summed E-state index contributed by atoms with van der Waals surface area (Å²) in [6, 6.07) is -0.356. The van der Waals surface area contributed by atoms with Crippen LogP contribution in [0.15, 0.2) is 0 Å². The fourth-order valence-corrected chi connectivity index (χ4v) is 2.57. The van der Waals surface area contributed by atoms with E-state index < -0.39 is 5.54 Å². The molecule has 1 saturated heterocycles. The van der Waals surface area contributed by atoms with Crippen molar-refractivity contribution in [3.8, 4) is 0 Å². The number of hydrogen-bond acceptors (Lipinski definition) is 2. The highest BCUT2D eigenvalue weighted by Crippen LogP contribution is 2.27. The van der Waals surface area contributed by atoms with E-state index in [0.717, 1.165) is 0 Å². The van der Waals surface area contributed by atoms with E-state index in [1.54, 1.807) is 4.90 Å². The highest BCUT2D eigenvalue weighted by molar-refractivity contribution is 5.99. The fourth-order valence-electron chi connectivity index (χ4n) is 2.57. The van der Waals surface area contributed by atoms with Gasteiger partial charge in [-0.2, -0.15) is 0 Å². The number of nitrogens with zero attached hydrogens (tertiary/aromatic N) is 1. The van der Waals surface area contributed by atoms with Gasteiger partial charge in [0.25, 0.3) is 0 Å². The predicted octanol–water partition coefficient (Wildman–Crippen LogP) is 2.18. The van der Waals surface area contributed by atoms with Crippen molar-refractivity contribution in [2.24, 2.45) is 11.8 Å². The maximum atomic E-state index is 12.6. The molecule has 4 heteroatoms. The lowest BCUT2D eigenvalue weighted by molar-refractivity contribution is -0.157. The van der Waals surface area contributed by atoms with E-state index in [1.807, 2.05) is 13.8 Å². The fraction of sp³-hybridized carbons (Fsp3) is 0.867. The molecule has 0 aromatic heterocycles. The zero-order valence-electron chi connectivity index (χ0n) is 13.1. The predicted molar refractivity (Wildman–Crippen MR) is 76.6 cm³/mol. The molecule has 0 radical (unpaired) electrons. The Balaban J connectivity index is 3.02. The summed E-state index contributed by atoms with van der Waals surface area (Å²) < 4.78 is 0. The van der Waals surface area contributed by atoms with Crippen LogP contribution in [-0.4, -0.2) is 34.8 Å². The summed E-state index contributed by atoms with van der Waals surface area (Å²) in [7, 11) is 0. The topological polar surface area (TPSA) is 49.4 Å². The molecule has 1 fully saturated rings. The average Bonchev–Trinajstić information content (AvgIpc) is 2.30. The van der Waals surface area contributed by atoms with Crippen molar-refractivity contribution in [3.63, 3.8) is 0 Å². The van der Waals surface area contributed by atoms with Crippen LogP contribution in [0.25, 0.3) is 0 Å². The van der Waals surface area contributed by atoms with Gasteiger partial charge in [-0.15, -0.1) is 0 Å². The van der Waals surface area contributed by atoms with Crippen molar-refractivity contribution in [1.29, 1.82) is 0 Å². The maximum Gasteiger partial charge on any atom is 0.246 e. The Morgan fingerprint density at radius 2 is 1.79 bits per heavy atom. The Morgan fingerprint density at radius 1 is 1.21 bits per heavy atom. The molecule has 0 spiro atoms. The Hall–Kier alpha value is -1.06. The Labute approximate surface area is 116 Å². The summed E-state index contributed by atoms with van der Waals surface area (Å²) in [6.07, 6.45) is 1.35. The summed E-state index contributed by atoms with van der Waals surface area (Å²) in [5, 5.41) is 2.91. The smallest absolute Gasteiger partial charge is 0.246 e. The molecule has 110 valence electrons. The van der Waals surface area contributed by atoms with Gasteiger partial charge in [-0.05, 0) is 31.6 Å². The molecule has 1 N–H and O–H groups in total. The lowest BCUT2D eigenvalue weighted by Gasteiger charge is -2.47. The van der Waals surface area contributed by atoms with Gasteiger partial charge in [0.1, 0.15) is 11.6 Å². The number of piperazine rings is 1. The van der Waals surface area contributed by atoms with Crippen LogP contribution in [0.2, 0.25) is 0 Å². The summed E-state index contributed by atoms with van der Waals surface area (Å²) in [4.78, 5) is 26.8. The monoisotopic (exact) mass is 268 g/mol. The summed E-state index contributed by atoms with van der Waals surface area (Å²) in [5.41, 5.74) is -0.700. The van der Waals surface area contributed by atoms with Crippen LogP contribution in [0.3, 0.4) is 0 Å². The van der Waals surface area contributed by atoms with Gasteiger partial charge in [-0.1, -0.05) is 34.6 Å². The van der Waals surface area contributed by atoms with E-state index in [4.69, 9.17) is 0 Å². The molecule has 1 aliphatic heterocycles. The second kappa shape index (κ2) is 5.93. The van der Waals surface area contributed by atoms with Gasteiger partial charge in [-0.25, -0.2) is 0 Å². The van der Waals surface area contributed by atoms with Crippen LogP contribution in [0.4, 0.5) is 0 Å². The van der Waals surface area contributed by atoms with E-state index in [-0.39, 0.29) is 17.9 Å². The van der Waals surface area contributed by atoms with Crippen molar-refractivity contribution in [1.82, 2.24) is 10.2 Å². The Morgan fingerprint density at radius 3 is 2.21 bits per heavy atom. The minimum atomic E-state index is -0.700. The van der Waals surface area contributed by atoms with Gasteiger partial charge in [-0.3, -0.25) is 9.59 Å². The largest absolute Gasteiger partial charge is 0.342 e. The molecule has 4 nitrogen and oxygen atoms in total. The molecular weight excluding hydrogens is 240 g/mol. The third kappa shape index (κ3) is 3.28. The van der Waals surface area contributed by atoms with E-state index >= 15 is 0 Å². The minimum Gasteiger partial charge on any atom is -0.342 e. The minimum absolute atomic E-state index is 0.0131. The molecular formula is C15H28N2O2. The summed E-state index contributed by atoms with van der Waals surface area (Å²) in [6.45, 7) is 12.8. The number of amides is 2. The van der Waals surface area contributed by atoms with Crippen molar-refractivity contribution in [2.75, 3.05) is 6.54 Å². The van der Waals surface area contributed by atoms with Gasteiger partial charge in [0.2, 0.25) is 11.8 Å². The van der Waals surface area contributed by atoms with E-state index in [1.165, 1.54) is 0 Å². The first-order valence-electron chi connectivity index (χ1n) is 7.34. The highest BCUT2D eigenvalue weighted by atomic mass is 16.2. The molecule has 2 amide bonds. The van der Waals surface area contributed by atoms with Gasteiger partial charge in [0, 0.05) is 6.54 Å². The number of carbonyl (C=O) groups is 2. The molecule has 0 aliphatic carbocycles. The van der Waals surface area contributed by atoms with Crippen LogP contribution >= 0.6 is 0 Å². The van der Waals surface area contributed by atoms with Gasteiger partial charge < -0.3 is 10.2 Å². The summed E-state index contributed by atoms with van der Waals surface area (Å²) in [5.74, 6) is 0.814. The third-order valence-electron chi connectivity index (χ3n) is 3.90. The molecule has 0 bridgehead atoms. The zero-order valence-corrected chi connectivity index (χ0v) is 13.1. The maximum absolute atomic E-state index is 12.6. The highest BCUT2D eigenvalue weighted by Gasteiger charge is 2.48. The van der Waals surface area contributed by atoms with Gasteiger partial charge >= 0.3 is 0 Å². The molecule has 2 unspecified atom stereocenters. The molecule has 2 atom stereocenters. The normalized spacial score (nSPS) is 28.2.